The summed E-state index contributed by atoms with van der Waals surface area (Å²) in [6, 6.07) is 13.5. The van der Waals surface area contributed by atoms with E-state index < -0.39 is 0 Å². The molecule has 3 aromatic rings. The van der Waals surface area contributed by atoms with Crippen LogP contribution in [0.2, 0.25) is 0 Å². The molecule has 1 aromatic heterocycles. The fraction of sp³-hybridized carbons (Fsp3) is 0.333. The number of aryl methyl sites for hydroxylation is 1. The van der Waals surface area contributed by atoms with Crippen LogP contribution in [-0.2, 0) is 16.1 Å². The van der Waals surface area contributed by atoms with Gasteiger partial charge in [-0.1, -0.05) is 42.8 Å². The van der Waals surface area contributed by atoms with Gasteiger partial charge in [0.2, 0.25) is 5.91 Å². The molecule has 1 amide bonds. The van der Waals surface area contributed by atoms with Gasteiger partial charge < -0.3 is 15.8 Å². The maximum absolute atomic E-state index is 13.4. The molecule has 1 atom stereocenters. The van der Waals surface area contributed by atoms with Crippen molar-refractivity contribution in [3.63, 3.8) is 0 Å². The predicted octanol–water partition coefficient (Wildman–Crippen LogP) is 4.09. The fourth-order valence-corrected chi connectivity index (χ4v) is 4.07. The summed E-state index contributed by atoms with van der Waals surface area (Å²) in [5.41, 5.74) is 9.94. The van der Waals surface area contributed by atoms with Crippen LogP contribution in [0, 0.1) is 6.92 Å². The minimum atomic E-state index is -0.165. The molecule has 0 saturated carbocycles. The number of nitrogens with one attached hydrogen (secondary N) is 1. The van der Waals surface area contributed by atoms with Crippen molar-refractivity contribution in [3.05, 3.63) is 58.4 Å². The van der Waals surface area contributed by atoms with E-state index in [1.54, 1.807) is 17.6 Å². The average Bonchev–Trinajstić information content (AvgIpc) is 3.25. The summed E-state index contributed by atoms with van der Waals surface area (Å²) in [7, 11) is 0. The Hall–Kier alpha value is -3.12. The molecule has 1 unspecified atom stereocenters. The van der Waals surface area contributed by atoms with Crippen molar-refractivity contribution in [2.24, 2.45) is 0 Å². The van der Waals surface area contributed by atoms with E-state index in [1.807, 2.05) is 37.3 Å². The molecular formula is C24H27N3O3. The molecule has 30 heavy (non-hydrogen) atoms. The zero-order valence-corrected chi connectivity index (χ0v) is 17.4. The number of benzene rings is 2. The first kappa shape index (κ1) is 20.2. The highest BCUT2D eigenvalue weighted by Gasteiger charge is 2.22. The van der Waals surface area contributed by atoms with Gasteiger partial charge in [0, 0.05) is 29.7 Å². The molecule has 0 bridgehead atoms. The Labute approximate surface area is 175 Å². The zero-order chi connectivity index (χ0) is 21.3. The van der Waals surface area contributed by atoms with E-state index in [0.29, 0.717) is 36.5 Å². The number of carbonyl (C=O) groups excluding carboxylic acids is 1. The van der Waals surface area contributed by atoms with Crippen molar-refractivity contribution in [1.29, 1.82) is 0 Å². The summed E-state index contributed by atoms with van der Waals surface area (Å²) in [6.07, 6.45) is 2.26. The average molecular weight is 405 g/mol. The number of nitrogen functional groups attached to an aromatic ring is 1. The number of nitrogens with two attached hydrogens (primary N) is 1. The minimum absolute atomic E-state index is 0.0178. The van der Waals surface area contributed by atoms with Crippen molar-refractivity contribution in [2.45, 2.75) is 45.8 Å². The highest BCUT2D eigenvalue weighted by atomic mass is 16.5. The first-order valence-electron chi connectivity index (χ1n) is 10.4. The smallest absolute Gasteiger partial charge is 0.260 e. The van der Waals surface area contributed by atoms with E-state index in [-0.39, 0.29) is 17.6 Å². The van der Waals surface area contributed by atoms with Crippen LogP contribution in [0.5, 0.6) is 0 Å². The highest BCUT2D eigenvalue weighted by molar-refractivity contribution is 6.03. The number of fused-ring (bicyclic) bond motifs is 1. The summed E-state index contributed by atoms with van der Waals surface area (Å²) in [6.45, 7) is 4.96. The second-order valence-electron chi connectivity index (χ2n) is 7.84. The molecule has 1 saturated heterocycles. The molecule has 3 N–H and O–H groups in total. The molecule has 1 aliphatic rings. The molecule has 1 aliphatic heterocycles. The predicted molar refractivity (Wildman–Crippen MR) is 121 cm³/mol. The second kappa shape index (κ2) is 8.32. The van der Waals surface area contributed by atoms with Gasteiger partial charge in [-0.15, -0.1) is 0 Å². The maximum Gasteiger partial charge on any atom is 0.260 e. The van der Waals surface area contributed by atoms with E-state index in [0.717, 1.165) is 34.9 Å². The standard InChI is InChI=1S/C24H27N3O3/c1-3-21(28)26-17-9-10-19-20(13-17)24(29)27(14-18-8-5-11-30-18)23(25)22(19)16-7-4-6-15(2)12-16/h4,6-7,9-10,12-13,18H,3,5,8,11,14,25H2,1-2H3,(H,26,28). The number of amides is 1. The first-order chi connectivity index (χ1) is 14.5. The molecule has 156 valence electrons. The summed E-state index contributed by atoms with van der Waals surface area (Å²) >= 11 is 0. The third-order valence-corrected chi connectivity index (χ3v) is 5.63. The number of rotatable bonds is 5. The van der Waals surface area contributed by atoms with Crippen LogP contribution in [0.1, 0.15) is 31.7 Å². The number of carbonyl (C=O) groups is 1. The van der Waals surface area contributed by atoms with Gasteiger partial charge in [-0.25, -0.2) is 0 Å². The fourth-order valence-electron chi connectivity index (χ4n) is 4.07. The molecule has 6 heteroatoms. The highest BCUT2D eigenvalue weighted by Crippen LogP contribution is 2.34. The van der Waals surface area contributed by atoms with E-state index in [4.69, 9.17) is 10.5 Å². The van der Waals surface area contributed by atoms with Gasteiger partial charge in [0.25, 0.3) is 5.56 Å². The summed E-state index contributed by atoms with van der Waals surface area (Å²) in [4.78, 5) is 25.3. The number of hydrogen-bond donors (Lipinski definition) is 2. The van der Waals surface area contributed by atoms with Gasteiger partial charge in [-0.2, -0.15) is 0 Å². The van der Waals surface area contributed by atoms with E-state index >= 15 is 0 Å². The molecule has 2 aromatic carbocycles. The van der Waals surface area contributed by atoms with Gasteiger partial charge >= 0.3 is 0 Å². The van der Waals surface area contributed by atoms with Crippen molar-refractivity contribution in [2.75, 3.05) is 17.7 Å². The van der Waals surface area contributed by atoms with Crippen LogP contribution >= 0.6 is 0 Å². The molecule has 1 fully saturated rings. The quantitative estimate of drug-likeness (QED) is 0.669. The first-order valence-corrected chi connectivity index (χ1v) is 10.4. The Balaban J connectivity index is 1.95. The third-order valence-electron chi connectivity index (χ3n) is 5.63. The van der Waals surface area contributed by atoms with Crippen LogP contribution in [0.25, 0.3) is 21.9 Å². The monoisotopic (exact) mass is 405 g/mol. The zero-order valence-electron chi connectivity index (χ0n) is 17.4. The van der Waals surface area contributed by atoms with Crippen molar-refractivity contribution in [3.8, 4) is 11.1 Å². The van der Waals surface area contributed by atoms with Crippen molar-refractivity contribution >= 4 is 28.2 Å². The molecule has 2 heterocycles. The lowest BCUT2D eigenvalue weighted by Gasteiger charge is -2.20. The molecular weight excluding hydrogens is 378 g/mol. The Kier molecular flexibility index (Phi) is 5.59. The topological polar surface area (TPSA) is 86.3 Å². The SMILES string of the molecule is CCC(=O)Nc1ccc2c(-c3cccc(C)c3)c(N)n(CC3CCCO3)c(=O)c2c1. The number of ether oxygens (including phenoxy) is 1. The maximum atomic E-state index is 13.4. The second-order valence-corrected chi connectivity index (χ2v) is 7.84. The Morgan fingerprint density at radius 2 is 2.07 bits per heavy atom. The van der Waals surface area contributed by atoms with Crippen LogP contribution in [0.15, 0.2) is 47.3 Å². The molecule has 0 aliphatic carbocycles. The lowest BCUT2D eigenvalue weighted by Crippen LogP contribution is -2.29. The number of aromatic nitrogens is 1. The Morgan fingerprint density at radius 1 is 1.23 bits per heavy atom. The number of nitrogens with zero attached hydrogens (tertiary/aromatic N) is 1. The van der Waals surface area contributed by atoms with Crippen LogP contribution < -0.4 is 16.6 Å². The lowest BCUT2D eigenvalue weighted by atomic mass is 9.97. The normalized spacial score (nSPS) is 16.1. The Bertz CT molecular complexity index is 1160. The van der Waals surface area contributed by atoms with Gasteiger partial charge in [-0.05, 0) is 42.8 Å². The number of pyridine rings is 1. The van der Waals surface area contributed by atoms with Crippen LogP contribution in [-0.4, -0.2) is 23.2 Å². The number of anilines is 2. The largest absolute Gasteiger partial charge is 0.384 e. The van der Waals surface area contributed by atoms with E-state index in [9.17, 15) is 9.59 Å². The van der Waals surface area contributed by atoms with Gasteiger partial charge in [0.15, 0.2) is 0 Å². The van der Waals surface area contributed by atoms with Crippen LogP contribution in [0.4, 0.5) is 11.5 Å². The lowest BCUT2D eigenvalue weighted by molar-refractivity contribution is -0.115. The van der Waals surface area contributed by atoms with Crippen molar-refractivity contribution in [1.82, 2.24) is 4.57 Å². The van der Waals surface area contributed by atoms with Gasteiger partial charge in [0.1, 0.15) is 5.82 Å². The van der Waals surface area contributed by atoms with E-state index in [2.05, 4.69) is 11.4 Å². The molecule has 4 rings (SSSR count). The number of hydrogen-bond acceptors (Lipinski definition) is 4. The van der Waals surface area contributed by atoms with Gasteiger partial charge in [-0.3, -0.25) is 14.2 Å². The Morgan fingerprint density at radius 3 is 2.77 bits per heavy atom. The third kappa shape index (κ3) is 3.83. The van der Waals surface area contributed by atoms with Crippen molar-refractivity contribution < 1.29 is 9.53 Å². The summed E-state index contributed by atoms with van der Waals surface area (Å²) in [5, 5.41) is 4.16. The van der Waals surface area contributed by atoms with E-state index in [1.165, 1.54) is 0 Å². The van der Waals surface area contributed by atoms with Gasteiger partial charge in [0.05, 0.1) is 12.6 Å². The molecule has 6 nitrogen and oxygen atoms in total. The minimum Gasteiger partial charge on any atom is -0.384 e. The van der Waals surface area contributed by atoms with Crippen LogP contribution in [0.3, 0.4) is 0 Å². The molecule has 0 spiro atoms. The molecule has 0 radical (unpaired) electrons. The summed E-state index contributed by atoms with van der Waals surface area (Å²) < 4.78 is 7.39. The summed E-state index contributed by atoms with van der Waals surface area (Å²) in [5.74, 6) is 0.349.